The van der Waals surface area contributed by atoms with Crippen LogP contribution in [0.1, 0.15) is 19.8 Å². The highest BCUT2D eigenvalue weighted by Crippen LogP contribution is 2.33. The van der Waals surface area contributed by atoms with Gasteiger partial charge in [0, 0.05) is 12.5 Å². The lowest BCUT2D eigenvalue weighted by Gasteiger charge is -2.35. The Labute approximate surface area is 78.4 Å². The van der Waals surface area contributed by atoms with Crippen molar-refractivity contribution in [1.29, 1.82) is 0 Å². The van der Waals surface area contributed by atoms with Crippen molar-refractivity contribution in [2.75, 3.05) is 24.7 Å². The van der Waals surface area contributed by atoms with Crippen molar-refractivity contribution in [2.24, 2.45) is 5.92 Å². The number of nitrogens with one attached hydrogen (secondary N) is 1. The molecule has 2 fully saturated rings. The molecule has 2 nitrogen and oxygen atoms in total. The van der Waals surface area contributed by atoms with Crippen molar-refractivity contribution in [3.63, 3.8) is 0 Å². The highest BCUT2D eigenvalue weighted by atomic mass is 32.2. The van der Waals surface area contributed by atoms with Crippen LogP contribution in [0.3, 0.4) is 0 Å². The average Bonchev–Trinajstić information content (AvgIpc) is 2.55. The average molecular weight is 187 g/mol. The zero-order chi connectivity index (χ0) is 8.44. The van der Waals surface area contributed by atoms with Gasteiger partial charge in [-0.25, -0.2) is 0 Å². The van der Waals surface area contributed by atoms with Gasteiger partial charge in [-0.3, -0.25) is 5.32 Å². The Morgan fingerprint density at radius 3 is 2.75 bits per heavy atom. The molecule has 0 spiro atoms. The molecular weight excluding hydrogens is 170 g/mol. The van der Waals surface area contributed by atoms with Crippen LogP contribution in [0.4, 0.5) is 0 Å². The minimum Gasteiger partial charge on any atom is -0.359 e. The Bertz CT molecular complexity index is 151. The number of hydrogen-bond acceptors (Lipinski definition) is 3. The fourth-order valence-corrected chi connectivity index (χ4v) is 3.23. The smallest absolute Gasteiger partial charge is 0.119 e. The van der Waals surface area contributed by atoms with Crippen LogP contribution in [0, 0.1) is 5.92 Å². The number of thioether (sulfide) groups is 1. The topological polar surface area (TPSA) is 21.3 Å². The normalized spacial score (nSPS) is 38.8. The van der Waals surface area contributed by atoms with Crippen LogP contribution in [0.2, 0.25) is 0 Å². The summed E-state index contributed by atoms with van der Waals surface area (Å²) >= 11 is 2.07. The summed E-state index contributed by atoms with van der Waals surface area (Å²) in [5.74, 6) is 3.36. The first-order valence-electron chi connectivity index (χ1n) is 4.78. The molecule has 1 atom stereocenters. The molecule has 0 aromatic carbocycles. The van der Waals surface area contributed by atoms with Crippen molar-refractivity contribution < 1.29 is 4.74 Å². The molecule has 1 N–H and O–H groups in total. The van der Waals surface area contributed by atoms with Gasteiger partial charge >= 0.3 is 0 Å². The molecular formula is C9H17NOS. The largest absolute Gasteiger partial charge is 0.359 e. The van der Waals surface area contributed by atoms with Crippen molar-refractivity contribution in [1.82, 2.24) is 5.32 Å². The summed E-state index contributed by atoms with van der Waals surface area (Å²) in [5.41, 5.74) is 0.000972. The number of hydrogen-bond donors (Lipinski definition) is 1. The standard InChI is InChI=1S/C9H17NOS/c1-9(10-4-5-11-9)8-2-6-12-7-3-8/h8,10H,2-7H2,1H3. The molecule has 0 aromatic heterocycles. The summed E-state index contributed by atoms with van der Waals surface area (Å²) in [7, 11) is 0. The molecule has 1 unspecified atom stereocenters. The van der Waals surface area contributed by atoms with E-state index in [1.54, 1.807) is 0 Å². The molecule has 2 heterocycles. The molecule has 3 heteroatoms. The maximum absolute atomic E-state index is 5.76. The molecule has 2 saturated heterocycles. The van der Waals surface area contributed by atoms with Crippen LogP contribution >= 0.6 is 11.8 Å². The lowest BCUT2D eigenvalue weighted by Crippen LogP contribution is -2.46. The Morgan fingerprint density at radius 2 is 2.17 bits per heavy atom. The third-order valence-corrected chi connectivity index (χ3v) is 4.03. The molecule has 0 radical (unpaired) electrons. The molecule has 12 heavy (non-hydrogen) atoms. The van der Waals surface area contributed by atoms with Crippen molar-refractivity contribution in [2.45, 2.75) is 25.5 Å². The molecule has 2 aliphatic rings. The predicted octanol–water partition coefficient (Wildman–Crippen LogP) is 1.47. The summed E-state index contributed by atoms with van der Waals surface area (Å²) in [5, 5.41) is 3.47. The summed E-state index contributed by atoms with van der Waals surface area (Å²) in [6.45, 7) is 4.13. The van der Waals surface area contributed by atoms with E-state index in [4.69, 9.17) is 4.74 Å². The van der Waals surface area contributed by atoms with E-state index in [0.29, 0.717) is 0 Å². The van der Waals surface area contributed by atoms with Crippen LogP contribution in [0.25, 0.3) is 0 Å². The van der Waals surface area contributed by atoms with Crippen LogP contribution in [-0.2, 0) is 4.74 Å². The van der Waals surface area contributed by atoms with Crippen LogP contribution in [0.5, 0.6) is 0 Å². The lowest BCUT2D eigenvalue weighted by molar-refractivity contribution is -0.0456. The number of ether oxygens (including phenoxy) is 1. The zero-order valence-electron chi connectivity index (χ0n) is 7.64. The third kappa shape index (κ3) is 1.63. The first kappa shape index (κ1) is 8.85. The van der Waals surface area contributed by atoms with Gasteiger partial charge in [0.25, 0.3) is 0 Å². The van der Waals surface area contributed by atoms with E-state index < -0.39 is 0 Å². The first-order chi connectivity index (χ1) is 5.81. The molecule has 0 saturated carbocycles. The first-order valence-corrected chi connectivity index (χ1v) is 5.93. The van der Waals surface area contributed by atoms with Crippen molar-refractivity contribution in [3.05, 3.63) is 0 Å². The summed E-state index contributed by atoms with van der Waals surface area (Å²) in [6.07, 6.45) is 2.63. The number of rotatable bonds is 1. The maximum Gasteiger partial charge on any atom is 0.119 e. The molecule has 0 amide bonds. The van der Waals surface area contributed by atoms with Gasteiger partial charge in [0.1, 0.15) is 5.72 Å². The minimum atomic E-state index is 0.000972. The van der Waals surface area contributed by atoms with E-state index >= 15 is 0 Å². The fourth-order valence-electron chi connectivity index (χ4n) is 2.12. The summed E-state index contributed by atoms with van der Waals surface area (Å²) in [4.78, 5) is 0. The fraction of sp³-hybridized carbons (Fsp3) is 1.00. The van der Waals surface area contributed by atoms with Gasteiger partial charge < -0.3 is 4.74 Å². The Kier molecular flexibility index (Phi) is 2.63. The third-order valence-electron chi connectivity index (χ3n) is 2.98. The SMILES string of the molecule is CC1(C2CCSCC2)NCCO1. The zero-order valence-corrected chi connectivity index (χ0v) is 8.45. The monoisotopic (exact) mass is 187 g/mol. The predicted molar refractivity (Wildman–Crippen MR) is 52.4 cm³/mol. The van der Waals surface area contributed by atoms with Gasteiger partial charge in [0.2, 0.25) is 0 Å². The molecule has 0 aromatic rings. The van der Waals surface area contributed by atoms with Crippen molar-refractivity contribution >= 4 is 11.8 Å². The van der Waals surface area contributed by atoms with E-state index in [1.165, 1.54) is 24.3 Å². The quantitative estimate of drug-likeness (QED) is 0.671. The Hall–Kier alpha value is 0.270. The van der Waals surface area contributed by atoms with Gasteiger partial charge in [-0.15, -0.1) is 0 Å². The van der Waals surface area contributed by atoms with Gasteiger partial charge in [-0.05, 0) is 31.3 Å². The van der Waals surface area contributed by atoms with Gasteiger partial charge in [-0.1, -0.05) is 0 Å². The second-order valence-corrected chi connectivity index (χ2v) is 4.99. The van der Waals surface area contributed by atoms with Crippen LogP contribution in [-0.4, -0.2) is 30.4 Å². The molecule has 2 rings (SSSR count). The second-order valence-electron chi connectivity index (χ2n) is 3.77. The minimum absolute atomic E-state index is 0.000972. The Balaban J connectivity index is 1.96. The molecule has 0 aliphatic carbocycles. The van der Waals surface area contributed by atoms with E-state index in [2.05, 4.69) is 24.0 Å². The van der Waals surface area contributed by atoms with Crippen LogP contribution < -0.4 is 5.32 Å². The molecule has 2 aliphatic heterocycles. The molecule has 70 valence electrons. The summed E-state index contributed by atoms with van der Waals surface area (Å²) in [6, 6.07) is 0. The highest BCUT2D eigenvalue weighted by Gasteiger charge is 2.38. The van der Waals surface area contributed by atoms with E-state index in [0.717, 1.165) is 19.1 Å². The van der Waals surface area contributed by atoms with Crippen LogP contribution in [0.15, 0.2) is 0 Å². The van der Waals surface area contributed by atoms with E-state index in [9.17, 15) is 0 Å². The maximum atomic E-state index is 5.76. The highest BCUT2D eigenvalue weighted by molar-refractivity contribution is 7.99. The molecule has 0 bridgehead atoms. The summed E-state index contributed by atoms with van der Waals surface area (Å²) < 4.78 is 5.76. The van der Waals surface area contributed by atoms with Gasteiger partial charge in [0.05, 0.1) is 6.61 Å². The van der Waals surface area contributed by atoms with Gasteiger partial charge in [0.15, 0.2) is 0 Å². The van der Waals surface area contributed by atoms with Gasteiger partial charge in [-0.2, -0.15) is 11.8 Å². The Morgan fingerprint density at radius 1 is 1.42 bits per heavy atom. The lowest BCUT2D eigenvalue weighted by atomic mass is 9.91. The van der Waals surface area contributed by atoms with E-state index in [-0.39, 0.29) is 5.72 Å². The van der Waals surface area contributed by atoms with Crippen molar-refractivity contribution in [3.8, 4) is 0 Å². The second kappa shape index (κ2) is 3.56. The van der Waals surface area contributed by atoms with E-state index in [1.807, 2.05) is 0 Å².